The summed E-state index contributed by atoms with van der Waals surface area (Å²) in [6.07, 6.45) is 2.37. The third kappa shape index (κ3) is 4.54. The van der Waals surface area contributed by atoms with E-state index in [1.165, 1.54) is 22.2 Å². The van der Waals surface area contributed by atoms with Gasteiger partial charge in [-0.25, -0.2) is 4.98 Å². The number of ether oxygens (including phenoxy) is 1. The number of fused-ring (bicyclic) bond motifs is 1. The van der Waals surface area contributed by atoms with Gasteiger partial charge in [0.15, 0.2) is 0 Å². The van der Waals surface area contributed by atoms with E-state index in [0.717, 1.165) is 10.4 Å². The predicted octanol–water partition coefficient (Wildman–Crippen LogP) is 0.830. The maximum Gasteiger partial charge on any atom is 0.262 e. The lowest BCUT2D eigenvalue weighted by Gasteiger charge is -2.26. The van der Waals surface area contributed by atoms with Gasteiger partial charge in [-0.15, -0.1) is 11.3 Å². The molecule has 3 heterocycles. The Bertz CT molecular complexity index is 899. The highest BCUT2D eigenvalue weighted by Crippen LogP contribution is 2.25. The number of hydrogen-bond donors (Lipinski definition) is 1. The lowest BCUT2D eigenvalue weighted by atomic mass is 10.2. The zero-order chi connectivity index (χ0) is 19.4. The van der Waals surface area contributed by atoms with Crippen molar-refractivity contribution in [2.75, 3.05) is 32.8 Å². The fourth-order valence-electron chi connectivity index (χ4n) is 3.03. The van der Waals surface area contributed by atoms with Crippen LogP contribution < -0.4 is 10.9 Å². The number of thiophene rings is 1. The maximum absolute atomic E-state index is 12.6. The van der Waals surface area contributed by atoms with Crippen molar-refractivity contribution in [3.05, 3.63) is 27.1 Å². The molecule has 0 saturated carbocycles. The van der Waals surface area contributed by atoms with Crippen molar-refractivity contribution in [3.63, 3.8) is 0 Å². The van der Waals surface area contributed by atoms with Gasteiger partial charge in [-0.2, -0.15) is 0 Å². The molecule has 1 N–H and O–H groups in total. The fraction of sp³-hybridized carbons (Fsp3) is 0.556. The van der Waals surface area contributed by atoms with Crippen molar-refractivity contribution in [1.29, 1.82) is 0 Å². The highest BCUT2D eigenvalue weighted by Gasteiger charge is 2.16. The van der Waals surface area contributed by atoms with E-state index in [1.54, 1.807) is 4.90 Å². The molecule has 1 fully saturated rings. The average Bonchev–Trinajstić information content (AvgIpc) is 2.96. The van der Waals surface area contributed by atoms with Crippen LogP contribution in [0, 0.1) is 13.8 Å². The lowest BCUT2D eigenvalue weighted by molar-refractivity contribution is -0.135. The molecule has 9 heteroatoms. The van der Waals surface area contributed by atoms with Crippen molar-refractivity contribution in [3.8, 4) is 0 Å². The minimum Gasteiger partial charge on any atom is -0.378 e. The van der Waals surface area contributed by atoms with Gasteiger partial charge in [-0.05, 0) is 25.8 Å². The van der Waals surface area contributed by atoms with E-state index in [1.807, 2.05) is 13.8 Å². The number of nitrogens with one attached hydrogen (secondary N) is 1. The molecule has 2 aromatic heterocycles. The zero-order valence-electron chi connectivity index (χ0n) is 15.6. The summed E-state index contributed by atoms with van der Waals surface area (Å²) in [5.74, 6) is -0.177. The fourth-order valence-corrected chi connectivity index (χ4v) is 4.02. The first-order valence-electron chi connectivity index (χ1n) is 9.04. The summed E-state index contributed by atoms with van der Waals surface area (Å²) in [7, 11) is 0. The van der Waals surface area contributed by atoms with Crippen LogP contribution >= 0.6 is 11.3 Å². The maximum atomic E-state index is 12.6. The number of carbonyl (C=O) groups is 2. The van der Waals surface area contributed by atoms with Gasteiger partial charge in [0.2, 0.25) is 11.8 Å². The molecule has 1 aliphatic heterocycles. The Kier molecular flexibility index (Phi) is 6.22. The predicted molar refractivity (Wildman–Crippen MR) is 103 cm³/mol. The number of rotatable bonds is 6. The number of nitrogens with zero attached hydrogens (tertiary/aromatic N) is 3. The van der Waals surface area contributed by atoms with Crippen LogP contribution in [0.4, 0.5) is 0 Å². The standard InChI is InChI=1S/C18H24N4O4S/c1-12-13(2)27-17-16(12)18(25)22(11-20-17)10-14(23)19-5-3-4-15(24)21-6-8-26-9-7-21/h11H,3-10H2,1-2H3,(H,19,23). The monoisotopic (exact) mass is 392 g/mol. The molecule has 0 radical (unpaired) electrons. The van der Waals surface area contributed by atoms with Crippen molar-refractivity contribution in [2.45, 2.75) is 33.2 Å². The lowest BCUT2D eigenvalue weighted by Crippen LogP contribution is -2.41. The quantitative estimate of drug-likeness (QED) is 0.735. The summed E-state index contributed by atoms with van der Waals surface area (Å²) in [6, 6.07) is 0. The molecule has 0 unspecified atom stereocenters. The first kappa shape index (κ1) is 19.5. The van der Waals surface area contributed by atoms with Crippen LogP contribution in [0.3, 0.4) is 0 Å². The van der Waals surface area contributed by atoms with Crippen LogP contribution in [0.15, 0.2) is 11.1 Å². The number of carbonyl (C=O) groups excluding carboxylic acids is 2. The molecule has 0 atom stereocenters. The molecule has 3 rings (SSSR count). The van der Waals surface area contributed by atoms with Crippen molar-refractivity contribution in [1.82, 2.24) is 19.8 Å². The molecular weight excluding hydrogens is 368 g/mol. The molecule has 2 aromatic rings. The number of amides is 2. The molecule has 0 spiro atoms. The van der Waals surface area contributed by atoms with Gasteiger partial charge in [-0.1, -0.05) is 0 Å². The smallest absolute Gasteiger partial charge is 0.262 e. The van der Waals surface area contributed by atoms with E-state index < -0.39 is 0 Å². The summed E-state index contributed by atoms with van der Waals surface area (Å²) in [5, 5.41) is 3.35. The summed E-state index contributed by atoms with van der Waals surface area (Å²) in [4.78, 5) is 44.6. The molecule has 1 aliphatic rings. The van der Waals surface area contributed by atoms with Gasteiger partial charge in [0, 0.05) is 30.9 Å². The minimum atomic E-state index is -0.262. The number of aromatic nitrogens is 2. The molecular formula is C18H24N4O4S. The third-order valence-electron chi connectivity index (χ3n) is 4.72. The molecule has 27 heavy (non-hydrogen) atoms. The van der Waals surface area contributed by atoms with Crippen LogP contribution in [-0.2, 0) is 20.9 Å². The Morgan fingerprint density at radius 2 is 2.04 bits per heavy atom. The molecule has 8 nitrogen and oxygen atoms in total. The summed E-state index contributed by atoms with van der Waals surface area (Å²) >= 11 is 1.48. The van der Waals surface area contributed by atoms with E-state index in [4.69, 9.17) is 4.74 Å². The molecule has 2 amide bonds. The van der Waals surface area contributed by atoms with Crippen LogP contribution in [-0.4, -0.2) is 59.1 Å². The molecule has 0 bridgehead atoms. The van der Waals surface area contributed by atoms with E-state index in [0.29, 0.717) is 55.9 Å². The Morgan fingerprint density at radius 3 is 2.78 bits per heavy atom. The van der Waals surface area contributed by atoms with Crippen LogP contribution in [0.2, 0.25) is 0 Å². The second-order valence-electron chi connectivity index (χ2n) is 6.59. The number of morpholine rings is 1. The van der Waals surface area contributed by atoms with Crippen LogP contribution in [0.1, 0.15) is 23.3 Å². The Labute approximate surface area is 161 Å². The van der Waals surface area contributed by atoms with Gasteiger partial charge in [0.1, 0.15) is 11.4 Å². The summed E-state index contributed by atoms with van der Waals surface area (Å²) in [5.41, 5.74) is 0.725. The van der Waals surface area contributed by atoms with Gasteiger partial charge < -0.3 is 15.0 Å². The molecule has 0 aliphatic carbocycles. The van der Waals surface area contributed by atoms with Gasteiger partial charge in [0.05, 0.1) is 24.9 Å². The highest BCUT2D eigenvalue weighted by molar-refractivity contribution is 7.18. The second kappa shape index (κ2) is 8.62. The topological polar surface area (TPSA) is 93.5 Å². The Balaban J connectivity index is 1.49. The van der Waals surface area contributed by atoms with E-state index in [9.17, 15) is 14.4 Å². The van der Waals surface area contributed by atoms with Gasteiger partial charge in [0.25, 0.3) is 5.56 Å². The van der Waals surface area contributed by atoms with Crippen molar-refractivity contribution < 1.29 is 14.3 Å². The van der Waals surface area contributed by atoms with Crippen molar-refractivity contribution >= 4 is 33.4 Å². The summed E-state index contributed by atoms with van der Waals surface area (Å²) < 4.78 is 6.55. The van der Waals surface area contributed by atoms with Gasteiger partial charge in [-0.3, -0.25) is 19.0 Å². The average molecular weight is 392 g/mol. The minimum absolute atomic E-state index is 0.0759. The third-order valence-corrected chi connectivity index (χ3v) is 5.84. The van der Waals surface area contributed by atoms with Gasteiger partial charge >= 0.3 is 0 Å². The van der Waals surface area contributed by atoms with Crippen LogP contribution in [0.25, 0.3) is 10.2 Å². The zero-order valence-corrected chi connectivity index (χ0v) is 16.4. The largest absolute Gasteiger partial charge is 0.378 e. The summed E-state index contributed by atoms with van der Waals surface area (Å²) in [6.45, 7) is 6.60. The second-order valence-corrected chi connectivity index (χ2v) is 7.79. The highest BCUT2D eigenvalue weighted by atomic mass is 32.1. The molecule has 146 valence electrons. The normalized spacial score (nSPS) is 14.5. The SMILES string of the molecule is Cc1sc2ncn(CC(=O)NCCCC(=O)N3CCOCC3)c(=O)c2c1C. The molecule has 0 aromatic carbocycles. The molecule has 1 saturated heterocycles. The first-order chi connectivity index (χ1) is 13.0. The Morgan fingerprint density at radius 1 is 1.30 bits per heavy atom. The van der Waals surface area contributed by atoms with Crippen molar-refractivity contribution in [2.24, 2.45) is 0 Å². The first-order valence-corrected chi connectivity index (χ1v) is 9.86. The van der Waals surface area contributed by atoms with E-state index >= 15 is 0 Å². The number of aryl methyl sites for hydroxylation is 2. The van der Waals surface area contributed by atoms with Crippen LogP contribution in [0.5, 0.6) is 0 Å². The Hall–Kier alpha value is -2.26. The van der Waals surface area contributed by atoms with E-state index in [2.05, 4.69) is 10.3 Å². The van der Waals surface area contributed by atoms with E-state index in [-0.39, 0.29) is 23.9 Å². The number of hydrogen-bond acceptors (Lipinski definition) is 6.